The van der Waals surface area contributed by atoms with Crippen LogP contribution >= 0.6 is 58.6 Å². The standard InChI is InChI=1S/C11H11Cl4N3OS/c1-6(19)16-9(11(13,14)15)18-10(20)17-8-4-2-3-7(12)5-8/h2-5,9H,1H3,(H,16,19)(H2,17,18,20)/t9-/m1/s1. The number of halogens is 4. The number of benzene rings is 1. The Labute approximate surface area is 142 Å². The fraction of sp³-hybridized carbons (Fsp3) is 0.273. The Bertz CT molecular complexity index is 507. The molecule has 0 spiro atoms. The number of anilines is 1. The maximum atomic E-state index is 11.1. The van der Waals surface area contributed by atoms with Gasteiger partial charge in [0.25, 0.3) is 0 Å². The van der Waals surface area contributed by atoms with Crippen LogP contribution in [0.15, 0.2) is 24.3 Å². The van der Waals surface area contributed by atoms with Gasteiger partial charge in [-0.2, -0.15) is 0 Å². The van der Waals surface area contributed by atoms with Crippen LogP contribution in [-0.2, 0) is 4.79 Å². The van der Waals surface area contributed by atoms with Crippen LogP contribution in [0.2, 0.25) is 5.02 Å². The molecule has 0 saturated heterocycles. The Morgan fingerprint density at radius 1 is 1.30 bits per heavy atom. The first-order chi connectivity index (χ1) is 9.18. The zero-order valence-electron chi connectivity index (χ0n) is 10.2. The largest absolute Gasteiger partial charge is 0.339 e. The van der Waals surface area contributed by atoms with E-state index in [-0.39, 0.29) is 11.0 Å². The van der Waals surface area contributed by atoms with E-state index in [1.807, 2.05) is 0 Å². The monoisotopic (exact) mass is 373 g/mol. The maximum Gasteiger partial charge on any atom is 0.228 e. The fourth-order valence-electron chi connectivity index (χ4n) is 1.27. The molecule has 20 heavy (non-hydrogen) atoms. The molecular weight excluding hydrogens is 364 g/mol. The number of rotatable bonds is 3. The highest BCUT2D eigenvalue weighted by atomic mass is 35.6. The summed E-state index contributed by atoms with van der Waals surface area (Å²) in [6.45, 7) is 1.30. The van der Waals surface area contributed by atoms with Gasteiger partial charge in [0.05, 0.1) is 0 Å². The first kappa shape index (κ1) is 17.6. The molecule has 0 aliphatic carbocycles. The second-order valence-corrected chi connectivity index (χ2v) is 7.00. The smallest absolute Gasteiger partial charge is 0.228 e. The minimum atomic E-state index is -1.76. The van der Waals surface area contributed by atoms with E-state index in [2.05, 4.69) is 16.0 Å². The molecule has 0 aliphatic heterocycles. The minimum Gasteiger partial charge on any atom is -0.339 e. The third kappa shape index (κ3) is 6.33. The van der Waals surface area contributed by atoms with Gasteiger partial charge in [-0.15, -0.1) is 0 Å². The molecule has 1 amide bonds. The summed E-state index contributed by atoms with van der Waals surface area (Å²) in [6, 6.07) is 6.93. The lowest BCUT2D eigenvalue weighted by atomic mass is 10.3. The van der Waals surface area contributed by atoms with E-state index in [1.165, 1.54) is 6.92 Å². The van der Waals surface area contributed by atoms with Crippen LogP contribution in [-0.4, -0.2) is 21.0 Å². The van der Waals surface area contributed by atoms with Crippen molar-refractivity contribution < 1.29 is 4.79 Å². The van der Waals surface area contributed by atoms with Crippen LogP contribution < -0.4 is 16.0 Å². The van der Waals surface area contributed by atoms with Gasteiger partial charge in [-0.1, -0.05) is 52.5 Å². The molecule has 1 aromatic carbocycles. The highest BCUT2D eigenvalue weighted by Gasteiger charge is 2.33. The van der Waals surface area contributed by atoms with Crippen molar-refractivity contribution in [1.82, 2.24) is 10.6 Å². The minimum absolute atomic E-state index is 0.178. The summed E-state index contributed by atoms with van der Waals surface area (Å²) in [4.78, 5) is 11.1. The third-order valence-corrected chi connectivity index (χ3v) is 3.14. The second-order valence-electron chi connectivity index (χ2n) is 3.78. The molecule has 1 aromatic rings. The normalized spacial score (nSPS) is 12.4. The SMILES string of the molecule is CC(=O)N[C@H](NC(=S)Nc1cccc(Cl)c1)C(Cl)(Cl)Cl. The molecule has 0 aliphatic rings. The lowest BCUT2D eigenvalue weighted by Crippen LogP contribution is -2.55. The number of nitrogens with one attached hydrogen (secondary N) is 3. The average Bonchev–Trinajstić information content (AvgIpc) is 2.26. The van der Waals surface area contributed by atoms with Gasteiger partial charge < -0.3 is 16.0 Å². The topological polar surface area (TPSA) is 53.2 Å². The van der Waals surface area contributed by atoms with Gasteiger partial charge in [0.15, 0.2) is 5.11 Å². The molecule has 1 rings (SSSR count). The average molecular weight is 375 g/mol. The molecule has 0 unspecified atom stereocenters. The molecule has 0 aromatic heterocycles. The molecule has 1 atom stereocenters. The van der Waals surface area contributed by atoms with E-state index in [4.69, 9.17) is 58.6 Å². The number of hydrogen-bond donors (Lipinski definition) is 3. The van der Waals surface area contributed by atoms with Gasteiger partial charge in [0.1, 0.15) is 6.17 Å². The number of amides is 1. The summed E-state index contributed by atoms with van der Waals surface area (Å²) in [5, 5.41) is 8.75. The Hall–Kier alpha value is -0.460. The van der Waals surface area contributed by atoms with Gasteiger partial charge in [0.2, 0.25) is 9.70 Å². The van der Waals surface area contributed by atoms with E-state index in [1.54, 1.807) is 24.3 Å². The Balaban J connectivity index is 2.69. The summed E-state index contributed by atoms with van der Waals surface area (Å²) in [5.74, 6) is -0.362. The van der Waals surface area contributed by atoms with Crippen molar-refractivity contribution in [2.75, 3.05) is 5.32 Å². The molecule has 0 bridgehead atoms. The number of carbonyl (C=O) groups is 1. The van der Waals surface area contributed by atoms with Gasteiger partial charge in [-0.3, -0.25) is 4.79 Å². The predicted molar refractivity (Wildman–Crippen MR) is 88.7 cm³/mol. The van der Waals surface area contributed by atoms with Crippen molar-refractivity contribution in [3.63, 3.8) is 0 Å². The molecule has 4 nitrogen and oxygen atoms in total. The summed E-state index contributed by atoms with van der Waals surface area (Å²) in [6.07, 6.45) is -0.968. The van der Waals surface area contributed by atoms with Crippen LogP contribution in [0.4, 0.5) is 5.69 Å². The van der Waals surface area contributed by atoms with Crippen molar-refractivity contribution in [1.29, 1.82) is 0 Å². The molecule has 0 saturated carbocycles. The molecule has 3 N–H and O–H groups in total. The lowest BCUT2D eigenvalue weighted by Gasteiger charge is -2.27. The molecule has 0 fully saturated rings. The first-order valence-electron chi connectivity index (χ1n) is 5.35. The number of alkyl halides is 3. The fourth-order valence-corrected chi connectivity index (χ4v) is 2.02. The van der Waals surface area contributed by atoms with Crippen LogP contribution in [0.5, 0.6) is 0 Å². The van der Waals surface area contributed by atoms with E-state index in [9.17, 15) is 4.79 Å². The quantitative estimate of drug-likeness (QED) is 0.430. The van der Waals surface area contributed by atoms with Gasteiger partial charge in [0, 0.05) is 17.6 Å². The molecule has 110 valence electrons. The molecule has 0 radical (unpaired) electrons. The van der Waals surface area contributed by atoms with Gasteiger partial charge in [-0.25, -0.2) is 0 Å². The first-order valence-corrected chi connectivity index (χ1v) is 7.27. The Kier molecular flexibility index (Phi) is 6.61. The zero-order valence-corrected chi connectivity index (χ0v) is 14.1. The van der Waals surface area contributed by atoms with E-state index in [0.29, 0.717) is 10.7 Å². The molecular formula is C11H11Cl4N3OS. The van der Waals surface area contributed by atoms with Crippen molar-refractivity contribution in [3.8, 4) is 0 Å². The van der Waals surface area contributed by atoms with Crippen LogP contribution in [0, 0.1) is 0 Å². The van der Waals surface area contributed by atoms with Crippen molar-refractivity contribution in [3.05, 3.63) is 29.3 Å². The summed E-state index contributed by atoms with van der Waals surface area (Å²) in [7, 11) is 0. The van der Waals surface area contributed by atoms with E-state index < -0.39 is 9.96 Å². The Morgan fingerprint density at radius 2 is 1.95 bits per heavy atom. The van der Waals surface area contributed by atoms with E-state index >= 15 is 0 Å². The van der Waals surface area contributed by atoms with Crippen molar-refractivity contribution >= 4 is 75.3 Å². The van der Waals surface area contributed by atoms with Gasteiger partial charge >= 0.3 is 0 Å². The van der Waals surface area contributed by atoms with Crippen LogP contribution in [0.1, 0.15) is 6.92 Å². The number of carbonyl (C=O) groups excluding carboxylic acids is 1. The van der Waals surface area contributed by atoms with E-state index in [0.717, 1.165) is 0 Å². The number of thiocarbonyl (C=S) groups is 1. The van der Waals surface area contributed by atoms with Gasteiger partial charge in [-0.05, 0) is 30.4 Å². The van der Waals surface area contributed by atoms with Crippen molar-refractivity contribution in [2.45, 2.75) is 16.9 Å². The summed E-state index contributed by atoms with van der Waals surface area (Å²) >= 11 is 28.2. The number of hydrogen-bond acceptors (Lipinski definition) is 2. The highest BCUT2D eigenvalue weighted by Crippen LogP contribution is 2.29. The highest BCUT2D eigenvalue weighted by molar-refractivity contribution is 7.80. The maximum absolute atomic E-state index is 11.1. The summed E-state index contributed by atoms with van der Waals surface area (Å²) in [5.41, 5.74) is 0.667. The zero-order chi connectivity index (χ0) is 15.3. The van der Waals surface area contributed by atoms with Crippen LogP contribution in [0.25, 0.3) is 0 Å². The molecule has 0 heterocycles. The lowest BCUT2D eigenvalue weighted by molar-refractivity contribution is -0.119. The molecule has 9 heteroatoms. The van der Waals surface area contributed by atoms with Crippen LogP contribution in [0.3, 0.4) is 0 Å². The predicted octanol–water partition coefficient (Wildman–Crippen LogP) is 3.46. The second kappa shape index (κ2) is 7.52. The third-order valence-electron chi connectivity index (χ3n) is 2.03. The van der Waals surface area contributed by atoms with Crippen molar-refractivity contribution in [2.24, 2.45) is 0 Å². The summed E-state index contributed by atoms with van der Waals surface area (Å²) < 4.78 is -1.76. The Morgan fingerprint density at radius 3 is 2.45 bits per heavy atom.